The van der Waals surface area contributed by atoms with Crippen LogP contribution >= 0.6 is 12.4 Å². The molecule has 0 aliphatic carbocycles. The molecule has 2 saturated heterocycles. The monoisotopic (exact) mass is 358 g/mol. The molecule has 1 aromatic rings. The Hall–Kier alpha value is -1.20. The Bertz CT molecular complexity index is 534. The molecule has 0 saturated carbocycles. The zero-order valence-electron chi connectivity index (χ0n) is 13.8. The van der Waals surface area contributed by atoms with Crippen LogP contribution in [0, 0.1) is 5.92 Å². The molecule has 3 rings (SSSR count). The summed E-state index contributed by atoms with van der Waals surface area (Å²) in [5, 5.41) is 3.37. The molecule has 0 radical (unpaired) electrons. The van der Waals surface area contributed by atoms with Crippen molar-refractivity contribution >= 4 is 18.3 Å². The number of piperidine rings is 1. The number of carbonyl (C=O) groups excluding carboxylic acids is 1. The summed E-state index contributed by atoms with van der Waals surface area (Å²) in [7, 11) is 0. The van der Waals surface area contributed by atoms with Crippen molar-refractivity contribution in [2.45, 2.75) is 38.0 Å². The maximum absolute atomic E-state index is 13.1. The molecule has 24 heavy (non-hydrogen) atoms. The van der Waals surface area contributed by atoms with Crippen LogP contribution < -0.4 is 5.32 Å². The van der Waals surface area contributed by atoms with E-state index in [1.165, 1.54) is 12.0 Å². The number of halogens is 3. The Morgan fingerprint density at radius 3 is 2.38 bits per heavy atom. The van der Waals surface area contributed by atoms with Crippen LogP contribution in [0.3, 0.4) is 0 Å². The maximum atomic E-state index is 13.1. The van der Waals surface area contributed by atoms with E-state index in [4.69, 9.17) is 0 Å². The third-order valence-corrected chi connectivity index (χ3v) is 4.91. The lowest BCUT2D eigenvalue weighted by Gasteiger charge is -2.31. The second-order valence-electron chi connectivity index (χ2n) is 6.79. The maximum Gasteiger partial charge on any atom is 0.251 e. The van der Waals surface area contributed by atoms with E-state index in [-0.39, 0.29) is 44.2 Å². The summed E-state index contributed by atoms with van der Waals surface area (Å²) >= 11 is 0. The number of benzene rings is 1. The molecule has 2 heterocycles. The fraction of sp³-hybridized carbons (Fsp3) is 0.611. The molecule has 1 atom stereocenters. The molecule has 1 N–H and O–H groups in total. The highest BCUT2D eigenvalue weighted by Crippen LogP contribution is 2.28. The molecule has 3 nitrogen and oxygen atoms in total. The van der Waals surface area contributed by atoms with Crippen molar-refractivity contribution in [1.82, 2.24) is 10.2 Å². The Morgan fingerprint density at radius 2 is 1.79 bits per heavy atom. The van der Waals surface area contributed by atoms with Crippen LogP contribution in [0.2, 0.25) is 0 Å². The van der Waals surface area contributed by atoms with Crippen molar-refractivity contribution in [3.05, 3.63) is 35.4 Å². The first kappa shape index (κ1) is 19.1. The number of nitrogens with zero attached hydrogens (tertiary/aromatic N) is 1. The fourth-order valence-corrected chi connectivity index (χ4v) is 3.38. The quantitative estimate of drug-likeness (QED) is 0.897. The number of hydrogen-bond donors (Lipinski definition) is 1. The van der Waals surface area contributed by atoms with E-state index in [1.807, 2.05) is 12.1 Å². The zero-order valence-corrected chi connectivity index (χ0v) is 14.6. The first-order valence-corrected chi connectivity index (χ1v) is 8.46. The number of hydrogen-bond acceptors (Lipinski definition) is 2. The minimum atomic E-state index is -2.60. The molecule has 2 aliphatic heterocycles. The highest BCUT2D eigenvalue weighted by Gasteiger charge is 2.35. The van der Waals surface area contributed by atoms with Gasteiger partial charge in [0, 0.05) is 25.9 Å². The van der Waals surface area contributed by atoms with Gasteiger partial charge in [-0.3, -0.25) is 4.79 Å². The van der Waals surface area contributed by atoms with Gasteiger partial charge >= 0.3 is 0 Å². The summed E-state index contributed by atoms with van der Waals surface area (Å²) in [4.78, 5) is 13.8. The Kier molecular flexibility index (Phi) is 6.58. The molecule has 0 aromatic heterocycles. The number of nitrogens with one attached hydrogen (secondary N) is 1. The number of likely N-dealkylation sites (tertiary alicyclic amines) is 1. The largest absolute Gasteiger partial charge is 0.342 e. The highest BCUT2D eigenvalue weighted by molar-refractivity contribution is 5.85. The average Bonchev–Trinajstić information content (AvgIpc) is 3.02. The van der Waals surface area contributed by atoms with Crippen molar-refractivity contribution in [2.75, 3.05) is 26.2 Å². The molecule has 1 amide bonds. The smallest absolute Gasteiger partial charge is 0.251 e. The van der Waals surface area contributed by atoms with Crippen LogP contribution in [0.25, 0.3) is 0 Å². The molecule has 2 aliphatic rings. The second kappa shape index (κ2) is 8.26. The number of carbonyl (C=O) groups is 1. The van der Waals surface area contributed by atoms with Crippen LogP contribution in [-0.2, 0) is 17.6 Å². The standard InChI is InChI=1S/C18H24F2N2O.ClH/c19-18(20)6-9-22(10-7-18)17(23)12-15-3-1-14(2-4-15)11-16-5-8-21-13-16;/h1-4,16,21H,5-13H2;1H. The lowest BCUT2D eigenvalue weighted by Crippen LogP contribution is -2.43. The number of rotatable bonds is 4. The third kappa shape index (κ3) is 5.15. The molecule has 6 heteroatoms. The SMILES string of the molecule is Cl.O=C(Cc1ccc(CC2CCNC2)cc1)N1CCC(F)(F)CC1. The van der Waals surface area contributed by atoms with Crippen LogP contribution in [-0.4, -0.2) is 42.9 Å². The normalized spacial score (nSPS) is 22.9. The van der Waals surface area contributed by atoms with Gasteiger partial charge in [0.25, 0.3) is 5.92 Å². The lowest BCUT2D eigenvalue weighted by atomic mass is 9.97. The Balaban J connectivity index is 0.00000208. The summed E-state index contributed by atoms with van der Waals surface area (Å²) < 4.78 is 26.3. The summed E-state index contributed by atoms with van der Waals surface area (Å²) in [6.07, 6.45) is 2.17. The summed E-state index contributed by atoms with van der Waals surface area (Å²) in [5.74, 6) is -1.95. The van der Waals surface area contributed by atoms with E-state index in [0.29, 0.717) is 12.3 Å². The van der Waals surface area contributed by atoms with Gasteiger partial charge in [-0.25, -0.2) is 8.78 Å². The molecule has 0 bridgehead atoms. The first-order chi connectivity index (χ1) is 11.0. The van der Waals surface area contributed by atoms with E-state index in [1.54, 1.807) is 4.90 Å². The Morgan fingerprint density at radius 1 is 1.17 bits per heavy atom. The van der Waals surface area contributed by atoms with Crippen molar-refractivity contribution < 1.29 is 13.6 Å². The van der Waals surface area contributed by atoms with Crippen LogP contribution in [0.5, 0.6) is 0 Å². The number of amides is 1. The number of alkyl halides is 2. The van der Waals surface area contributed by atoms with Gasteiger partial charge in [0.15, 0.2) is 0 Å². The predicted octanol–water partition coefficient (Wildman–Crippen LogP) is 3.06. The molecule has 1 unspecified atom stereocenters. The average molecular weight is 359 g/mol. The predicted molar refractivity (Wildman–Crippen MR) is 92.8 cm³/mol. The van der Waals surface area contributed by atoms with Gasteiger partial charge in [-0.2, -0.15) is 0 Å². The minimum Gasteiger partial charge on any atom is -0.342 e. The van der Waals surface area contributed by atoms with Crippen LogP contribution in [0.4, 0.5) is 8.78 Å². The topological polar surface area (TPSA) is 32.3 Å². The van der Waals surface area contributed by atoms with Crippen molar-refractivity contribution in [1.29, 1.82) is 0 Å². The third-order valence-electron chi connectivity index (χ3n) is 4.91. The van der Waals surface area contributed by atoms with Gasteiger partial charge in [-0.1, -0.05) is 24.3 Å². The van der Waals surface area contributed by atoms with E-state index >= 15 is 0 Å². The second-order valence-corrected chi connectivity index (χ2v) is 6.79. The van der Waals surface area contributed by atoms with Crippen molar-refractivity contribution in [3.63, 3.8) is 0 Å². The first-order valence-electron chi connectivity index (χ1n) is 8.46. The van der Waals surface area contributed by atoms with E-state index < -0.39 is 5.92 Å². The molecule has 1 aromatic carbocycles. The Labute approximate surface area is 148 Å². The highest BCUT2D eigenvalue weighted by atomic mass is 35.5. The van der Waals surface area contributed by atoms with E-state index in [2.05, 4.69) is 17.4 Å². The van der Waals surface area contributed by atoms with E-state index in [9.17, 15) is 13.6 Å². The minimum absolute atomic E-state index is 0. The van der Waals surface area contributed by atoms with Crippen molar-refractivity contribution in [3.8, 4) is 0 Å². The van der Waals surface area contributed by atoms with Gasteiger partial charge in [0.2, 0.25) is 5.91 Å². The molecular formula is C18H25ClF2N2O. The summed E-state index contributed by atoms with van der Waals surface area (Å²) in [6.45, 7) is 2.52. The van der Waals surface area contributed by atoms with Crippen LogP contribution in [0.1, 0.15) is 30.4 Å². The van der Waals surface area contributed by atoms with Gasteiger partial charge in [-0.05, 0) is 43.0 Å². The molecular weight excluding hydrogens is 334 g/mol. The van der Waals surface area contributed by atoms with Crippen LogP contribution in [0.15, 0.2) is 24.3 Å². The summed E-state index contributed by atoms with van der Waals surface area (Å²) in [5.41, 5.74) is 2.26. The van der Waals surface area contributed by atoms with Gasteiger partial charge in [0.05, 0.1) is 6.42 Å². The van der Waals surface area contributed by atoms with E-state index in [0.717, 1.165) is 25.1 Å². The summed E-state index contributed by atoms with van der Waals surface area (Å²) in [6, 6.07) is 8.17. The van der Waals surface area contributed by atoms with Gasteiger partial charge in [-0.15, -0.1) is 12.4 Å². The molecule has 134 valence electrons. The van der Waals surface area contributed by atoms with Gasteiger partial charge < -0.3 is 10.2 Å². The zero-order chi connectivity index (χ0) is 16.3. The molecule has 0 spiro atoms. The fourth-order valence-electron chi connectivity index (χ4n) is 3.38. The lowest BCUT2D eigenvalue weighted by molar-refractivity contribution is -0.136. The van der Waals surface area contributed by atoms with Crippen molar-refractivity contribution in [2.24, 2.45) is 5.92 Å². The van der Waals surface area contributed by atoms with Gasteiger partial charge in [0.1, 0.15) is 0 Å². The molecule has 2 fully saturated rings.